The van der Waals surface area contributed by atoms with Gasteiger partial charge in [0, 0.05) is 0 Å². The Labute approximate surface area is 93.3 Å². The summed E-state index contributed by atoms with van der Waals surface area (Å²) in [5.41, 5.74) is 3.16. The Bertz CT molecular complexity index is 383. The van der Waals surface area contributed by atoms with E-state index in [1.54, 1.807) is 38.3 Å². The number of benzene rings is 1. The minimum absolute atomic E-state index is 0.157. The van der Waals surface area contributed by atoms with Gasteiger partial charge in [-0.1, -0.05) is 0 Å². The van der Waals surface area contributed by atoms with Crippen molar-refractivity contribution >= 4 is 11.7 Å². The van der Waals surface area contributed by atoms with E-state index in [0.717, 1.165) is 5.75 Å². The van der Waals surface area contributed by atoms with Crippen molar-refractivity contribution in [3.8, 4) is 5.75 Å². The summed E-state index contributed by atoms with van der Waals surface area (Å²) < 4.78 is 4.98. The van der Waals surface area contributed by atoms with E-state index in [-0.39, 0.29) is 5.76 Å². The maximum Gasteiger partial charge on any atom is 0.374 e. The summed E-state index contributed by atoms with van der Waals surface area (Å²) in [5.74, 6) is -0.561. The van der Waals surface area contributed by atoms with Crippen LogP contribution in [0.2, 0.25) is 0 Å². The number of allylic oxidation sites excluding steroid dienone is 1. The van der Waals surface area contributed by atoms with E-state index in [1.807, 2.05) is 0 Å². The fourth-order valence-corrected chi connectivity index (χ4v) is 0.999. The molecule has 16 heavy (non-hydrogen) atoms. The molecule has 5 heteroatoms. The van der Waals surface area contributed by atoms with Crippen LogP contribution >= 0.6 is 0 Å². The second-order valence-corrected chi connectivity index (χ2v) is 2.89. The summed E-state index contributed by atoms with van der Waals surface area (Å²) in [6, 6.07) is 6.91. The molecule has 0 fully saturated rings. The normalized spacial score (nSPS) is 10.8. The van der Waals surface area contributed by atoms with Crippen LogP contribution in [0.4, 0.5) is 5.69 Å². The number of hydrogen-bond acceptors (Lipinski definition) is 4. The lowest BCUT2D eigenvalue weighted by Crippen LogP contribution is -2.09. The molecule has 86 valence electrons. The molecule has 1 aromatic rings. The van der Waals surface area contributed by atoms with Crippen molar-refractivity contribution in [2.75, 3.05) is 12.6 Å². The number of carbonyl (C=O) groups is 1. The van der Waals surface area contributed by atoms with Gasteiger partial charge < -0.3 is 14.7 Å². The van der Waals surface area contributed by atoms with Gasteiger partial charge in [-0.15, -0.1) is 0 Å². The number of methoxy groups -OCH3 is 1. The highest BCUT2D eigenvalue weighted by molar-refractivity contribution is 5.84. The number of carboxylic acid groups (broad SMARTS) is 1. The van der Waals surface area contributed by atoms with Gasteiger partial charge in [0.2, 0.25) is 5.76 Å². The van der Waals surface area contributed by atoms with E-state index in [0.29, 0.717) is 5.69 Å². The maximum atomic E-state index is 10.6. The molecule has 2 N–H and O–H groups in total. The molecule has 0 aliphatic rings. The first-order chi connectivity index (χ1) is 7.67. The first-order valence-corrected chi connectivity index (χ1v) is 4.64. The van der Waals surface area contributed by atoms with Crippen LogP contribution in [0.25, 0.3) is 0 Å². The highest BCUT2D eigenvalue weighted by Crippen LogP contribution is 2.15. The monoisotopic (exact) mass is 223 g/mol. The number of anilines is 1. The van der Waals surface area contributed by atoms with Crippen LogP contribution in [-0.4, -0.2) is 18.2 Å². The Balaban J connectivity index is 2.57. The van der Waals surface area contributed by atoms with Crippen molar-refractivity contribution in [3.05, 3.63) is 36.1 Å². The van der Waals surface area contributed by atoms with Gasteiger partial charge >= 0.3 is 5.97 Å². The largest absolute Gasteiger partial charge is 0.497 e. The molecule has 0 aliphatic heterocycles. The second-order valence-electron chi connectivity index (χ2n) is 2.89. The average molecular weight is 223 g/mol. The summed E-state index contributed by atoms with van der Waals surface area (Å²) in [5, 5.41) is 8.68. The van der Waals surface area contributed by atoms with Crippen molar-refractivity contribution in [1.29, 1.82) is 0 Å². The summed E-state index contributed by atoms with van der Waals surface area (Å²) in [4.78, 5) is 15.5. The molecule has 1 aromatic carbocycles. The van der Waals surface area contributed by atoms with Gasteiger partial charge in [0.15, 0.2) is 0 Å². The van der Waals surface area contributed by atoms with Crippen LogP contribution in [-0.2, 0) is 9.63 Å². The lowest BCUT2D eigenvalue weighted by molar-refractivity contribution is -0.136. The zero-order chi connectivity index (χ0) is 12.0. The molecule has 0 bridgehead atoms. The molecule has 0 unspecified atom stereocenters. The molecule has 1 rings (SSSR count). The van der Waals surface area contributed by atoms with Gasteiger partial charge in [0.05, 0.1) is 12.8 Å². The van der Waals surface area contributed by atoms with E-state index in [1.165, 1.54) is 6.08 Å². The number of rotatable bonds is 5. The third-order valence-corrected chi connectivity index (χ3v) is 1.84. The number of ether oxygens (including phenoxy) is 1. The first-order valence-electron chi connectivity index (χ1n) is 4.64. The van der Waals surface area contributed by atoms with Crippen LogP contribution in [0.5, 0.6) is 5.75 Å². The smallest absolute Gasteiger partial charge is 0.374 e. The Kier molecular flexibility index (Phi) is 4.20. The van der Waals surface area contributed by atoms with Gasteiger partial charge in [-0.3, -0.25) is 0 Å². The predicted molar refractivity (Wildman–Crippen MR) is 59.1 cm³/mol. The Morgan fingerprint density at radius 1 is 1.38 bits per heavy atom. The first kappa shape index (κ1) is 11.9. The van der Waals surface area contributed by atoms with Crippen molar-refractivity contribution in [2.45, 2.75) is 6.92 Å². The van der Waals surface area contributed by atoms with Crippen molar-refractivity contribution < 1.29 is 19.5 Å². The number of nitrogens with one attached hydrogen (secondary N) is 1. The molecule has 5 nitrogen and oxygen atoms in total. The SMILES string of the molecule is CC=C(ONc1ccc(OC)cc1)C(=O)O. The highest BCUT2D eigenvalue weighted by Gasteiger charge is 2.07. The molecular weight excluding hydrogens is 210 g/mol. The lowest BCUT2D eigenvalue weighted by atomic mass is 10.3. The molecule has 0 spiro atoms. The zero-order valence-corrected chi connectivity index (χ0v) is 9.06. The average Bonchev–Trinajstić information content (AvgIpc) is 2.30. The molecule has 0 amide bonds. The van der Waals surface area contributed by atoms with Gasteiger partial charge in [-0.2, -0.15) is 0 Å². The van der Waals surface area contributed by atoms with Crippen molar-refractivity contribution in [2.24, 2.45) is 0 Å². The molecule has 0 saturated heterocycles. The summed E-state index contributed by atoms with van der Waals surface area (Å²) in [6.45, 7) is 1.58. The fraction of sp³-hybridized carbons (Fsp3) is 0.182. The van der Waals surface area contributed by atoms with Crippen LogP contribution < -0.4 is 10.2 Å². The molecule has 0 saturated carbocycles. The van der Waals surface area contributed by atoms with Crippen LogP contribution in [0.3, 0.4) is 0 Å². The molecular formula is C11H13NO4. The summed E-state index contributed by atoms with van der Waals surface area (Å²) >= 11 is 0. The Morgan fingerprint density at radius 2 is 2.00 bits per heavy atom. The van der Waals surface area contributed by atoms with Gasteiger partial charge in [-0.25, -0.2) is 10.3 Å². The number of hydrogen-bond donors (Lipinski definition) is 2. The summed E-state index contributed by atoms with van der Waals surface area (Å²) in [7, 11) is 1.57. The second kappa shape index (κ2) is 5.65. The number of carboxylic acids is 1. The van der Waals surface area contributed by atoms with Gasteiger partial charge in [-0.05, 0) is 37.3 Å². The van der Waals surface area contributed by atoms with Crippen LogP contribution in [0, 0.1) is 0 Å². The molecule has 0 heterocycles. The minimum Gasteiger partial charge on any atom is -0.497 e. The van der Waals surface area contributed by atoms with Crippen molar-refractivity contribution in [3.63, 3.8) is 0 Å². The molecule has 0 aromatic heterocycles. The topological polar surface area (TPSA) is 67.8 Å². The van der Waals surface area contributed by atoms with Crippen molar-refractivity contribution in [1.82, 2.24) is 0 Å². The predicted octanol–water partition coefficient (Wildman–Crippen LogP) is 2.03. The van der Waals surface area contributed by atoms with E-state index >= 15 is 0 Å². The third kappa shape index (κ3) is 3.20. The maximum absolute atomic E-state index is 10.6. The zero-order valence-electron chi connectivity index (χ0n) is 9.06. The lowest BCUT2D eigenvalue weighted by Gasteiger charge is -2.08. The molecule has 0 atom stereocenters. The minimum atomic E-state index is -1.12. The van der Waals surface area contributed by atoms with E-state index in [2.05, 4.69) is 5.48 Å². The fourth-order valence-electron chi connectivity index (χ4n) is 0.999. The third-order valence-electron chi connectivity index (χ3n) is 1.84. The quantitative estimate of drug-likeness (QED) is 0.454. The summed E-state index contributed by atoms with van der Waals surface area (Å²) in [6.07, 6.45) is 1.36. The van der Waals surface area contributed by atoms with Gasteiger partial charge in [0.25, 0.3) is 0 Å². The Hall–Kier alpha value is -2.17. The van der Waals surface area contributed by atoms with E-state index in [9.17, 15) is 4.79 Å². The van der Waals surface area contributed by atoms with E-state index < -0.39 is 5.97 Å². The van der Waals surface area contributed by atoms with E-state index in [4.69, 9.17) is 14.7 Å². The highest BCUT2D eigenvalue weighted by atomic mass is 16.7. The Morgan fingerprint density at radius 3 is 2.44 bits per heavy atom. The van der Waals surface area contributed by atoms with Gasteiger partial charge in [0.1, 0.15) is 5.75 Å². The van der Waals surface area contributed by atoms with Crippen LogP contribution in [0.15, 0.2) is 36.1 Å². The number of aliphatic carboxylic acids is 1. The molecule has 0 radical (unpaired) electrons. The van der Waals surface area contributed by atoms with Crippen LogP contribution in [0.1, 0.15) is 6.92 Å². The molecule has 0 aliphatic carbocycles. The standard InChI is InChI=1S/C11H13NO4/c1-3-10(11(13)14)16-12-8-4-6-9(15-2)7-5-8/h3-7,12H,1-2H3,(H,13,14).